The van der Waals surface area contributed by atoms with E-state index >= 15 is 0 Å². The van der Waals surface area contributed by atoms with Gasteiger partial charge < -0.3 is 25.5 Å². The number of nitriles is 1. The molecule has 1 saturated heterocycles. The number of nitrogens with two attached hydrogens (primary N) is 1. The first-order chi connectivity index (χ1) is 14.4. The summed E-state index contributed by atoms with van der Waals surface area (Å²) in [5, 5.41) is 27.0. The Morgan fingerprint density at radius 3 is 3.00 bits per heavy atom. The smallest absolute Gasteiger partial charge is 0.532 e. The number of benzene rings is 1. The molecular weight excluding hydrogens is 385 g/mol. The van der Waals surface area contributed by atoms with E-state index in [1.807, 2.05) is 19.9 Å². The Kier molecular flexibility index (Phi) is 5.24. The number of allylic oxidation sites excluding steroid dienone is 2. The van der Waals surface area contributed by atoms with Crippen molar-refractivity contribution in [1.29, 1.82) is 5.26 Å². The highest BCUT2D eigenvalue weighted by atomic mass is 16.5. The maximum atomic E-state index is 12.0. The summed E-state index contributed by atoms with van der Waals surface area (Å²) in [6.07, 6.45) is 2.17. The van der Waals surface area contributed by atoms with Crippen LogP contribution in [0.5, 0.6) is 5.75 Å². The molecule has 1 aromatic carbocycles. The number of ether oxygens (including phenoxy) is 1. The minimum Gasteiger partial charge on any atom is -0.532 e. The summed E-state index contributed by atoms with van der Waals surface area (Å²) >= 11 is 0. The van der Waals surface area contributed by atoms with Gasteiger partial charge in [0.15, 0.2) is 5.82 Å². The fourth-order valence-corrected chi connectivity index (χ4v) is 3.71. The molecule has 2 atom stereocenters. The van der Waals surface area contributed by atoms with Gasteiger partial charge in [-0.1, -0.05) is 0 Å². The summed E-state index contributed by atoms with van der Waals surface area (Å²) in [4.78, 5) is 12.0. The highest BCUT2D eigenvalue weighted by Crippen LogP contribution is 2.36. The van der Waals surface area contributed by atoms with Crippen molar-refractivity contribution in [2.45, 2.75) is 26.3 Å². The predicted octanol–water partition coefficient (Wildman–Crippen LogP) is 2.03. The van der Waals surface area contributed by atoms with Crippen molar-refractivity contribution in [2.75, 3.05) is 18.5 Å². The number of aromatic nitrogens is 2. The second kappa shape index (κ2) is 7.86. The monoisotopic (exact) mass is 407 g/mol. The van der Waals surface area contributed by atoms with E-state index in [2.05, 4.69) is 16.5 Å². The first-order valence-corrected chi connectivity index (χ1v) is 9.69. The van der Waals surface area contributed by atoms with Crippen LogP contribution in [-0.2, 0) is 4.74 Å². The van der Waals surface area contributed by atoms with Gasteiger partial charge in [0.25, 0.3) is 5.91 Å². The Hall–Kier alpha value is -3.29. The van der Waals surface area contributed by atoms with Crippen LogP contribution in [-0.4, -0.2) is 41.0 Å². The molecule has 2 unspecified atom stereocenters. The number of primary amides is 1. The van der Waals surface area contributed by atoms with E-state index in [-0.39, 0.29) is 17.5 Å². The largest absolute Gasteiger partial charge is 0.555 e. The summed E-state index contributed by atoms with van der Waals surface area (Å²) in [5.41, 5.74) is 8.97. The molecule has 154 valence electrons. The molecule has 0 saturated carbocycles. The molecule has 4 rings (SSSR count). The van der Waals surface area contributed by atoms with E-state index in [1.54, 1.807) is 23.0 Å². The average molecular weight is 407 g/mol. The Bertz CT molecular complexity index is 1070. The number of anilines is 2. The van der Waals surface area contributed by atoms with Crippen LogP contribution >= 0.6 is 0 Å². The van der Waals surface area contributed by atoms with Gasteiger partial charge in [-0.3, -0.25) is 9.48 Å². The number of hydrogen-bond donors (Lipinski definition) is 3. The van der Waals surface area contributed by atoms with Crippen molar-refractivity contribution in [3.63, 3.8) is 0 Å². The molecule has 2 aliphatic heterocycles. The normalized spacial score (nSPS) is 20.9. The van der Waals surface area contributed by atoms with Gasteiger partial charge in [-0.05, 0) is 49.5 Å². The second-order valence-electron chi connectivity index (χ2n) is 7.52. The molecule has 2 aliphatic rings. The summed E-state index contributed by atoms with van der Waals surface area (Å²) < 4.78 is 12.6. The Morgan fingerprint density at radius 1 is 1.47 bits per heavy atom. The molecule has 0 spiro atoms. The standard InChI is InChI=1S/C20H22BN5O4/c1-11-12(2)21(28)30-18-4-3-14(7-15(11)18)24-20-16(19(23)27)9-26(25-20)17-10-29-6-5-13(17)8-22/h3-4,7,9,13,17,28H,5-6,10H2,1-2H3,(H2,23,27)(H,24,25). The molecule has 4 N–H and O–H groups in total. The molecule has 0 radical (unpaired) electrons. The quantitative estimate of drug-likeness (QED) is 0.660. The lowest BCUT2D eigenvalue weighted by Gasteiger charge is -2.27. The lowest BCUT2D eigenvalue weighted by Crippen LogP contribution is -2.29. The minimum absolute atomic E-state index is 0.227. The van der Waals surface area contributed by atoms with E-state index in [0.717, 1.165) is 16.6 Å². The first kappa shape index (κ1) is 20.0. The van der Waals surface area contributed by atoms with E-state index in [4.69, 9.17) is 15.1 Å². The van der Waals surface area contributed by atoms with Crippen LogP contribution in [0.15, 0.2) is 29.9 Å². The summed E-state index contributed by atoms with van der Waals surface area (Å²) in [7, 11) is -0.959. The SMILES string of the molecule is CC1=C(C)c2cc(Nc3nn(C4COCCC4C#N)cc3C(N)=O)ccc2OB1O. The number of hydrogen-bond acceptors (Lipinski definition) is 7. The highest BCUT2D eigenvalue weighted by molar-refractivity contribution is 6.55. The molecule has 3 heterocycles. The van der Waals surface area contributed by atoms with Crippen LogP contribution in [0.2, 0.25) is 0 Å². The molecule has 1 amide bonds. The number of fused-ring (bicyclic) bond motifs is 1. The molecule has 1 aromatic heterocycles. The maximum Gasteiger partial charge on any atom is 0.555 e. The number of nitrogens with zero attached hydrogens (tertiary/aromatic N) is 3. The zero-order valence-electron chi connectivity index (χ0n) is 16.8. The summed E-state index contributed by atoms with van der Waals surface area (Å²) in [6.45, 7) is 4.60. The van der Waals surface area contributed by atoms with Gasteiger partial charge in [0.1, 0.15) is 11.3 Å². The highest BCUT2D eigenvalue weighted by Gasteiger charge is 2.30. The van der Waals surface area contributed by atoms with Crippen LogP contribution < -0.4 is 15.7 Å². The van der Waals surface area contributed by atoms with Crippen molar-refractivity contribution < 1.29 is 19.2 Å². The maximum absolute atomic E-state index is 12.0. The third-order valence-electron chi connectivity index (χ3n) is 5.68. The van der Waals surface area contributed by atoms with Crippen LogP contribution in [0.4, 0.5) is 11.5 Å². The summed E-state index contributed by atoms with van der Waals surface area (Å²) in [6, 6.07) is 7.39. The molecule has 9 nitrogen and oxygen atoms in total. The average Bonchev–Trinajstić information content (AvgIpc) is 3.16. The topological polar surface area (TPSA) is 135 Å². The third kappa shape index (κ3) is 3.53. The van der Waals surface area contributed by atoms with E-state index in [1.165, 1.54) is 0 Å². The van der Waals surface area contributed by atoms with Gasteiger partial charge in [0.05, 0.1) is 24.6 Å². The lowest BCUT2D eigenvalue weighted by atomic mass is 9.73. The molecule has 0 aliphatic carbocycles. The van der Waals surface area contributed by atoms with E-state index in [0.29, 0.717) is 36.9 Å². The van der Waals surface area contributed by atoms with Crippen molar-refractivity contribution in [3.8, 4) is 11.8 Å². The van der Waals surface area contributed by atoms with Crippen LogP contribution in [0.3, 0.4) is 0 Å². The van der Waals surface area contributed by atoms with Crippen molar-refractivity contribution in [3.05, 3.63) is 41.0 Å². The van der Waals surface area contributed by atoms with Crippen LogP contribution in [0.25, 0.3) is 5.57 Å². The lowest BCUT2D eigenvalue weighted by molar-refractivity contribution is 0.0342. The van der Waals surface area contributed by atoms with Gasteiger partial charge in [-0.15, -0.1) is 0 Å². The summed E-state index contributed by atoms with van der Waals surface area (Å²) in [5.74, 6) is 0.00785. The van der Waals surface area contributed by atoms with Crippen LogP contribution in [0, 0.1) is 17.2 Å². The zero-order valence-corrected chi connectivity index (χ0v) is 16.8. The minimum atomic E-state index is -0.959. The van der Waals surface area contributed by atoms with Gasteiger partial charge in [0, 0.05) is 24.1 Å². The Labute approximate surface area is 174 Å². The number of carbonyl (C=O) groups excluding carboxylic acids is 1. The number of carbonyl (C=O) groups is 1. The van der Waals surface area contributed by atoms with Crippen molar-refractivity contribution in [1.82, 2.24) is 9.78 Å². The number of nitrogens with one attached hydrogen (secondary N) is 1. The fraction of sp³-hybridized carbons (Fsp3) is 0.350. The van der Waals surface area contributed by atoms with Crippen molar-refractivity contribution >= 4 is 30.1 Å². The Balaban J connectivity index is 1.67. The third-order valence-corrected chi connectivity index (χ3v) is 5.68. The molecule has 30 heavy (non-hydrogen) atoms. The molecule has 10 heteroatoms. The number of rotatable bonds is 4. The molecule has 2 aromatic rings. The van der Waals surface area contributed by atoms with E-state index in [9.17, 15) is 15.1 Å². The number of amides is 1. The van der Waals surface area contributed by atoms with Gasteiger partial charge in [0.2, 0.25) is 0 Å². The molecular formula is C20H22BN5O4. The molecule has 0 bridgehead atoms. The first-order valence-electron chi connectivity index (χ1n) is 9.69. The van der Waals surface area contributed by atoms with Gasteiger partial charge >= 0.3 is 7.12 Å². The zero-order chi connectivity index (χ0) is 21.4. The van der Waals surface area contributed by atoms with E-state index < -0.39 is 13.0 Å². The van der Waals surface area contributed by atoms with Crippen LogP contribution in [0.1, 0.15) is 42.2 Å². The predicted molar refractivity (Wildman–Crippen MR) is 111 cm³/mol. The molecule has 1 fully saturated rings. The van der Waals surface area contributed by atoms with Gasteiger partial charge in [-0.25, -0.2) is 0 Å². The van der Waals surface area contributed by atoms with Gasteiger partial charge in [-0.2, -0.15) is 10.4 Å². The van der Waals surface area contributed by atoms with Crippen molar-refractivity contribution in [2.24, 2.45) is 11.7 Å². The Morgan fingerprint density at radius 2 is 2.27 bits per heavy atom. The second-order valence-corrected chi connectivity index (χ2v) is 7.52. The fourth-order valence-electron chi connectivity index (χ4n) is 3.71.